The van der Waals surface area contributed by atoms with E-state index in [2.05, 4.69) is 44.5 Å². The van der Waals surface area contributed by atoms with Crippen molar-refractivity contribution in [2.75, 3.05) is 37.6 Å². The number of carbonyl (C=O) groups is 1. The monoisotopic (exact) mass is 495 g/mol. The Morgan fingerprint density at radius 1 is 1.08 bits per heavy atom. The Bertz CT molecular complexity index is 1450. The maximum absolute atomic E-state index is 12.5. The van der Waals surface area contributed by atoms with Gasteiger partial charge in [0.05, 0.1) is 11.6 Å². The van der Waals surface area contributed by atoms with E-state index in [0.29, 0.717) is 17.4 Å². The van der Waals surface area contributed by atoms with Crippen molar-refractivity contribution < 1.29 is 9.21 Å². The molecule has 0 unspecified atom stereocenters. The Hall–Kier alpha value is -3.76. The second-order valence-corrected chi connectivity index (χ2v) is 10.4. The molecule has 0 atom stereocenters. The molecule has 2 fully saturated rings. The standard InChI is InChI=1S/C30H33N5O2/c31-19-21-7-9-27-26(16-21)22(20-32-27)4-1-2-11-34-12-14-35(15-13-34)25-8-10-28-23(17-25)18-29(37-28)30(36)33-24-5-3-6-24/h7-10,16-18,20,24,32H,1-6,11-15H2,(H,33,36). The van der Waals surface area contributed by atoms with Gasteiger partial charge in [-0.2, -0.15) is 5.26 Å². The molecule has 2 aromatic carbocycles. The van der Waals surface area contributed by atoms with E-state index in [4.69, 9.17) is 4.42 Å². The van der Waals surface area contributed by atoms with Crippen LogP contribution < -0.4 is 10.2 Å². The number of fused-ring (bicyclic) bond motifs is 2. The average Bonchev–Trinajstić information content (AvgIpc) is 3.52. The van der Waals surface area contributed by atoms with Crippen LogP contribution in [0.25, 0.3) is 21.9 Å². The number of carbonyl (C=O) groups excluding carboxylic acids is 1. The first kappa shape index (κ1) is 23.6. The average molecular weight is 496 g/mol. The molecule has 1 aliphatic heterocycles. The lowest BCUT2D eigenvalue weighted by atomic mass is 9.93. The third kappa shape index (κ3) is 5.07. The van der Waals surface area contributed by atoms with Gasteiger partial charge in [0.2, 0.25) is 0 Å². The molecular formula is C30H33N5O2. The van der Waals surface area contributed by atoms with Crippen molar-refractivity contribution in [2.24, 2.45) is 0 Å². The van der Waals surface area contributed by atoms with Gasteiger partial charge in [-0.15, -0.1) is 0 Å². The molecule has 7 heteroatoms. The van der Waals surface area contributed by atoms with E-state index in [0.717, 1.165) is 81.3 Å². The van der Waals surface area contributed by atoms with E-state index in [1.54, 1.807) is 0 Å². The summed E-state index contributed by atoms with van der Waals surface area (Å²) in [5.74, 6) is 0.301. The molecule has 7 nitrogen and oxygen atoms in total. The fourth-order valence-electron chi connectivity index (χ4n) is 5.48. The zero-order chi connectivity index (χ0) is 25.2. The van der Waals surface area contributed by atoms with Gasteiger partial charge in [-0.05, 0) is 93.1 Å². The molecule has 0 spiro atoms. The number of aromatic amines is 1. The second-order valence-electron chi connectivity index (χ2n) is 10.4. The van der Waals surface area contributed by atoms with Gasteiger partial charge in [0.15, 0.2) is 5.76 Å². The van der Waals surface area contributed by atoms with Crippen LogP contribution in [0, 0.1) is 11.3 Å². The molecule has 6 rings (SSSR count). The second kappa shape index (κ2) is 10.3. The Balaban J connectivity index is 0.982. The van der Waals surface area contributed by atoms with Crippen molar-refractivity contribution in [3.63, 3.8) is 0 Å². The number of hydrogen-bond acceptors (Lipinski definition) is 5. The number of rotatable bonds is 8. The summed E-state index contributed by atoms with van der Waals surface area (Å²) in [7, 11) is 0. The topological polar surface area (TPSA) is 88.3 Å². The minimum atomic E-state index is -0.104. The molecule has 0 bridgehead atoms. The van der Waals surface area contributed by atoms with E-state index in [1.165, 1.54) is 23.1 Å². The Kier molecular flexibility index (Phi) is 6.58. The molecule has 3 heterocycles. The molecule has 0 radical (unpaired) electrons. The first-order valence-electron chi connectivity index (χ1n) is 13.5. The number of benzene rings is 2. The van der Waals surface area contributed by atoms with E-state index >= 15 is 0 Å². The van der Waals surface area contributed by atoms with Gasteiger partial charge in [0, 0.05) is 60.4 Å². The number of aryl methyl sites for hydroxylation is 1. The number of furan rings is 1. The minimum Gasteiger partial charge on any atom is -0.451 e. The molecule has 1 amide bonds. The SMILES string of the molecule is N#Cc1ccc2[nH]cc(CCCCN3CCN(c4ccc5oc(C(=O)NC6CCC6)cc5c4)CC3)c2c1. The molecule has 2 aromatic heterocycles. The highest BCUT2D eigenvalue weighted by Gasteiger charge is 2.23. The normalized spacial score (nSPS) is 16.7. The molecule has 2 N–H and O–H groups in total. The van der Waals surface area contributed by atoms with Crippen LogP contribution in [0.4, 0.5) is 5.69 Å². The summed E-state index contributed by atoms with van der Waals surface area (Å²) < 4.78 is 5.82. The van der Waals surface area contributed by atoms with Crippen molar-refractivity contribution >= 4 is 33.5 Å². The lowest BCUT2D eigenvalue weighted by Gasteiger charge is -2.36. The zero-order valence-electron chi connectivity index (χ0n) is 21.1. The quantitative estimate of drug-likeness (QED) is 0.328. The van der Waals surface area contributed by atoms with Gasteiger partial charge in [0.1, 0.15) is 5.58 Å². The van der Waals surface area contributed by atoms with E-state index in [-0.39, 0.29) is 5.91 Å². The summed E-state index contributed by atoms with van der Waals surface area (Å²) in [6.45, 7) is 5.21. The number of unbranched alkanes of at least 4 members (excludes halogenated alkanes) is 1. The van der Waals surface area contributed by atoms with Gasteiger partial charge in [0.25, 0.3) is 5.91 Å². The fraction of sp³-hybridized carbons (Fsp3) is 0.400. The van der Waals surface area contributed by atoms with Crippen molar-refractivity contribution in [3.05, 3.63) is 65.5 Å². The summed E-state index contributed by atoms with van der Waals surface area (Å²) in [6.07, 6.45) is 8.74. The van der Waals surface area contributed by atoms with Crippen LogP contribution in [0.5, 0.6) is 0 Å². The van der Waals surface area contributed by atoms with Crippen LogP contribution in [-0.2, 0) is 6.42 Å². The van der Waals surface area contributed by atoms with Gasteiger partial charge >= 0.3 is 0 Å². The van der Waals surface area contributed by atoms with Crippen LogP contribution in [0.3, 0.4) is 0 Å². The predicted octanol–water partition coefficient (Wildman–Crippen LogP) is 5.21. The Morgan fingerprint density at radius 3 is 2.73 bits per heavy atom. The molecule has 37 heavy (non-hydrogen) atoms. The number of anilines is 1. The highest BCUT2D eigenvalue weighted by atomic mass is 16.3. The first-order valence-corrected chi connectivity index (χ1v) is 13.5. The number of nitriles is 1. The number of piperazine rings is 1. The van der Waals surface area contributed by atoms with E-state index < -0.39 is 0 Å². The summed E-state index contributed by atoms with van der Waals surface area (Å²) >= 11 is 0. The maximum atomic E-state index is 12.5. The van der Waals surface area contributed by atoms with Crippen molar-refractivity contribution in [2.45, 2.75) is 44.6 Å². The summed E-state index contributed by atoms with van der Waals surface area (Å²) in [5.41, 5.74) is 5.07. The third-order valence-corrected chi connectivity index (χ3v) is 7.97. The summed E-state index contributed by atoms with van der Waals surface area (Å²) in [5, 5.41) is 14.4. The largest absolute Gasteiger partial charge is 0.451 e. The van der Waals surface area contributed by atoms with Crippen molar-refractivity contribution in [1.82, 2.24) is 15.2 Å². The van der Waals surface area contributed by atoms with Gasteiger partial charge in [-0.3, -0.25) is 9.69 Å². The number of nitrogens with one attached hydrogen (secondary N) is 2. The molecule has 190 valence electrons. The van der Waals surface area contributed by atoms with Gasteiger partial charge in [-0.25, -0.2) is 0 Å². The summed E-state index contributed by atoms with van der Waals surface area (Å²) in [6, 6.07) is 16.5. The number of nitrogens with zero attached hydrogens (tertiary/aromatic N) is 3. The van der Waals surface area contributed by atoms with Gasteiger partial charge < -0.3 is 19.6 Å². The lowest BCUT2D eigenvalue weighted by molar-refractivity contribution is 0.0891. The minimum absolute atomic E-state index is 0.104. The highest BCUT2D eigenvalue weighted by molar-refractivity contribution is 5.97. The van der Waals surface area contributed by atoms with Crippen LogP contribution in [0.1, 0.15) is 53.8 Å². The molecule has 1 saturated heterocycles. The number of amides is 1. The van der Waals surface area contributed by atoms with Crippen LogP contribution >= 0.6 is 0 Å². The van der Waals surface area contributed by atoms with Crippen molar-refractivity contribution in [3.8, 4) is 6.07 Å². The Labute approximate surface area is 217 Å². The zero-order valence-corrected chi connectivity index (χ0v) is 21.1. The number of hydrogen-bond donors (Lipinski definition) is 2. The fourth-order valence-corrected chi connectivity index (χ4v) is 5.48. The van der Waals surface area contributed by atoms with Crippen LogP contribution in [0.15, 0.2) is 53.1 Å². The molecule has 4 aromatic rings. The molecule has 1 saturated carbocycles. The lowest BCUT2D eigenvalue weighted by Crippen LogP contribution is -2.46. The van der Waals surface area contributed by atoms with Crippen molar-refractivity contribution in [1.29, 1.82) is 5.26 Å². The Morgan fingerprint density at radius 2 is 1.95 bits per heavy atom. The highest BCUT2D eigenvalue weighted by Crippen LogP contribution is 2.27. The number of H-pyrrole nitrogens is 1. The third-order valence-electron chi connectivity index (χ3n) is 7.97. The number of aromatic nitrogens is 1. The molecule has 1 aliphatic carbocycles. The van der Waals surface area contributed by atoms with Gasteiger partial charge in [-0.1, -0.05) is 0 Å². The first-order chi connectivity index (χ1) is 18.2. The van der Waals surface area contributed by atoms with Crippen LogP contribution in [-0.4, -0.2) is 54.6 Å². The summed E-state index contributed by atoms with van der Waals surface area (Å²) in [4.78, 5) is 20.8. The molecular weight excluding hydrogens is 462 g/mol. The maximum Gasteiger partial charge on any atom is 0.287 e. The predicted molar refractivity (Wildman–Crippen MR) is 146 cm³/mol. The van der Waals surface area contributed by atoms with E-state index in [9.17, 15) is 10.1 Å². The van der Waals surface area contributed by atoms with E-state index in [1.807, 2.05) is 30.3 Å². The smallest absolute Gasteiger partial charge is 0.287 e. The molecule has 2 aliphatic rings. The van der Waals surface area contributed by atoms with Crippen LogP contribution in [0.2, 0.25) is 0 Å².